The van der Waals surface area contributed by atoms with Crippen molar-refractivity contribution in [3.05, 3.63) is 35.9 Å². The second kappa shape index (κ2) is 8.11. The molecule has 1 rings (SSSR count). The second-order valence-corrected chi connectivity index (χ2v) is 4.93. The SMILES string of the molecule is CC(CO)CCCNC(=O)C(Cl)c1ccccc1. The van der Waals surface area contributed by atoms with Gasteiger partial charge in [-0.15, -0.1) is 11.6 Å². The average molecular weight is 270 g/mol. The van der Waals surface area contributed by atoms with Gasteiger partial charge >= 0.3 is 0 Å². The summed E-state index contributed by atoms with van der Waals surface area (Å²) in [4.78, 5) is 11.8. The third kappa shape index (κ3) is 5.07. The summed E-state index contributed by atoms with van der Waals surface area (Å²) in [7, 11) is 0. The van der Waals surface area contributed by atoms with E-state index in [0.29, 0.717) is 6.54 Å². The van der Waals surface area contributed by atoms with Crippen LogP contribution in [0.25, 0.3) is 0 Å². The zero-order valence-electron chi connectivity index (χ0n) is 10.6. The summed E-state index contributed by atoms with van der Waals surface area (Å²) in [6.07, 6.45) is 1.75. The molecule has 0 saturated carbocycles. The lowest BCUT2D eigenvalue weighted by Crippen LogP contribution is -2.28. The fourth-order valence-electron chi connectivity index (χ4n) is 1.62. The summed E-state index contributed by atoms with van der Waals surface area (Å²) in [6, 6.07) is 9.29. The lowest BCUT2D eigenvalue weighted by molar-refractivity contribution is -0.120. The molecule has 0 spiro atoms. The Hall–Kier alpha value is -1.06. The Balaban J connectivity index is 2.29. The van der Waals surface area contributed by atoms with E-state index in [9.17, 15) is 4.79 Å². The predicted octanol–water partition coefficient (Wildman–Crippen LogP) is 2.49. The highest BCUT2D eigenvalue weighted by molar-refractivity contribution is 6.30. The van der Waals surface area contributed by atoms with Crippen molar-refractivity contribution in [1.82, 2.24) is 5.32 Å². The molecule has 0 heterocycles. The van der Waals surface area contributed by atoms with Crippen LogP contribution in [0.1, 0.15) is 30.7 Å². The summed E-state index contributed by atoms with van der Waals surface area (Å²) in [5, 5.41) is 11.0. The van der Waals surface area contributed by atoms with Crippen LogP contribution >= 0.6 is 11.6 Å². The number of nitrogens with one attached hydrogen (secondary N) is 1. The molecular weight excluding hydrogens is 250 g/mol. The van der Waals surface area contributed by atoms with Gasteiger partial charge in [0.1, 0.15) is 5.38 Å². The molecular formula is C14H20ClNO2. The molecule has 0 aliphatic carbocycles. The van der Waals surface area contributed by atoms with Crippen LogP contribution in [0.3, 0.4) is 0 Å². The summed E-state index contributed by atoms with van der Waals surface area (Å²) in [5.41, 5.74) is 0.806. The molecule has 0 saturated heterocycles. The maximum atomic E-state index is 11.8. The molecule has 2 N–H and O–H groups in total. The molecule has 100 valence electrons. The van der Waals surface area contributed by atoms with Gasteiger partial charge in [0.15, 0.2) is 0 Å². The number of alkyl halides is 1. The van der Waals surface area contributed by atoms with Gasteiger partial charge in [0.05, 0.1) is 0 Å². The van der Waals surface area contributed by atoms with Crippen LogP contribution in [-0.4, -0.2) is 24.2 Å². The minimum atomic E-state index is -0.638. The van der Waals surface area contributed by atoms with E-state index in [-0.39, 0.29) is 18.4 Å². The Bertz CT molecular complexity index is 356. The van der Waals surface area contributed by atoms with E-state index in [2.05, 4.69) is 5.32 Å². The Morgan fingerprint density at radius 1 is 1.39 bits per heavy atom. The number of benzene rings is 1. The summed E-state index contributed by atoms with van der Waals surface area (Å²) < 4.78 is 0. The monoisotopic (exact) mass is 269 g/mol. The summed E-state index contributed by atoms with van der Waals surface area (Å²) in [5.74, 6) is 0.113. The van der Waals surface area contributed by atoms with Crippen molar-refractivity contribution in [2.24, 2.45) is 5.92 Å². The Morgan fingerprint density at radius 2 is 2.06 bits per heavy atom. The van der Waals surface area contributed by atoms with Crippen LogP contribution in [-0.2, 0) is 4.79 Å². The van der Waals surface area contributed by atoms with Crippen molar-refractivity contribution in [2.75, 3.05) is 13.2 Å². The van der Waals surface area contributed by atoms with E-state index < -0.39 is 5.38 Å². The molecule has 0 radical (unpaired) electrons. The largest absolute Gasteiger partial charge is 0.396 e. The van der Waals surface area contributed by atoms with Gasteiger partial charge in [-0.1, -0.05) is 37.3 Å². The lowest BCUT2D eigenvalue weighted by atomic mass is 10.1. The van der Waals surface area contributed by atoms with Gasteiger partial charge in [0.2, 0.25) is 5.91 Å². The van der Waals surface area contributed by atoms with Crippen LogP contribution in [0.5, 0.6) is 0 Å². The minimum Gasteiger partial charge on any atom is -0.396 e. The van der Waals surface area contributed by atoms with Crippen LogP contribution in [0.2, 0.25) is 0 Å². The van der Waals surface area contributed by atoms with E-state index in [1.165, 1.54) is 0 Å². The first kappa shape index (κ1) is 15.0. The number of carbonyl (C=O) groups excluding carboxylic acids is 1. The van der Waals surface area contributed by atoms with Gasteiger partial charge in [-0.05, 0) is 24.3 Å². The number of aliphatic hydroxyl groups excluding tert-OH is 1. The number of halogens is 1. The van der Waals surface area contributed by atoms with E-state index >= 15 is 0 Å². The van der Waals surface area contributed by atoms with Gasteiger partial charge in [-0.2, -0.15) is 0 Å². The molecule has 0 aliphatic rings. The first-order valence-corrected chi connectivity index (χ1v) is 6.66. The molecule has 1 aromatic carbocycles. The van der Waals surface area contributed by atoms with Gasteiger partial charge < -0.3 is 10.4 Å². The molecule has 1 amide bonds. The lowest BCUT2D eigenvalue weighted by Gasteiger charge is -2.12. The number of hydrogen-bond acceptors (Lipinski definition) is 2. The molecule has 1 aromatic rings. The maximum Gasteiger partial charge on any atom is 0.242 e. The number of rotatable bonds is 7. The van der Waals surface area contributed by atoms with Gasteiger partial charge in [-0.25, -0.2) is 0 Å². The molecule has 4 heteroatoms. The fraction of sp³-hybridized carbons (Fsp3) is 0.500. The number of aliphatic hydroxyl groups is 1. The van der Waals surface area contributed by atoms with E-state index in [1.807, 2.05) is 37.3 Å². The van der Waals surface area contributed by atoms with E-state index in [1.54, 1.807) is 0 Å². The molecule has 2 atom stereocenters. The first-order chi connectivity index (χ1) is 8.65. The fourth-order valence-corrected chi connectivity index (χ4v) is 1.84. The van der Waals surface area contributed by atoms with Crippen molar-refractivity contribution in [1.29, 1.82) is 0 Å². The Morgan fingerprint density at radius 3 is 2.67 bits per heavy atom. The highest BCUT2D eigenvalue weighted by Crippen LogP contribution is 2.19. The standard InChI is InChI=1S/C14H20ClNO2/c1-11(10-17)6-5-9-16-14(18)13(15)12-7-3-2-4-8-12/h2-4,7-8,11,13,17H,5-6,9-10H2,1H3,(H,16,18). The highest BCUT2D eigenvalue weighted by Gasteiger charge is 2.16. The topological polar surface area (TPSA) is 49.3 Å². The third-order valence-corrected chi connectivity index (χ3v) is 3.26. The van der Waals surface area contributed by atoms with Crippen LogP contribution in [0, 0.1) is 5.92 Å². The van der Waals surface area contributed by atoms with Crippen LogP contribution in [0.15, 0.2) is 30.3 Å². The summed E-state index contributed by atoms with van der Waals surface area (Å²) >= 11 is 6.07. The van der Waals surface area contributed by atoms with E-state index in [0.717, 1.165) is 18.4 Å². The van der Waals surface area contributed by atoms with E-state index in [4.69, 9.17) is 16.7 Å². The second-order valence-electron chi connectivity index (χ2n) is 4.49. The van der Waals surface area contributed by atoms with Crippen molar-refractivity contribution < 1.29 is 9.90 Å². The molecule has 18 heavy (non-hydrogen) atoms. The highest BCUT2D eigenvalue weighted by atomic mass is 35.5. The normalized spacial score (nSPS) is 13.9. The Labute approximate surface area is 113 Å². The van der Waals surface area contributed by atoms with Crippen molar-refractivity contribution >= 4 is 17.5 Å². The molecule has 3 nitrogen and oxygen atoms in total. The van der Waals surface area contributed by atoms with Crippen molar-refractivity contribution in [2.45, 2.75) is 25.1 Å². The smallest absolute Gasteiger partial charge is 0.242 e. The molecule has 0 bridgehead atoms. The zero-order chi connectivity index (χ0) is 13.4. The summed E-state index contributed by atoms with van der Waals surface area (Å²) in [6.45, 7) is 2.77. The van der Waals surface area contributed by atoms with Gasteiger partial charge in [-0.3, -0.25) is 4.79 Å². The zero-order valence-corrected chi connectivity index (χ0v) is 11.4. The quantitative estimate of drug-likeness (QED) is 0.590. The number of carbonyl (C=O) groups is 1. The van der Waals surface area contributed by atoms with Gasteiger partial charge in [0, 0.05) is 13.2 Å². The van der Waals surface area contributed by atoms with Crippen molar-refractivity contribution in [3.8, 4) is 0 Å². The van der Waals surface area contributed by atoms with Crippen LogP contribution < -0.4 is 5.32 Å². The average Bonchev–Trinajstić information content (AvgIpc) is 2.43. The molecule has 2 unspecified atom stereocenters. The number of hydrogen-bond donors (Lipinski definition) is 2. The number of amides is 1. The third-order valence-electron chi connectivity index (χ3n) is 2.81. The molecule has 0 aromatic heterocycles. The van der Waals surface area contributed by atoms with Crippen LogP contribution in [0.4, 0.5) is 0 Å². The maximum absolute atomic E-state index is 11.8. The Kier molecular flexibility index (Phi) is 6.76. The van der Waals surface area contributed by atoms with Crippen molar-refractivity contribution in [3.63, 3.8) is 0 Å². The predicted molar refractivity (Wildman–Crippen MR) is 73.5 cm³/mol. The first-order valence-electron chi connectivity index (χ1n) is 6.22. The molecule has 0 fully saturated rings. The minimum absolute atomic E-state index is 0.167. The molecule has 0 aliphatic heterocycles. The van der Waals surface area contributed by atoms with Gasteiger partial charge in [0.25, 0.3) is 0 Å².